The van der Waals surface area contributed by atoms with Crippen molar-refractivity contribution >= 4 is 0 Å². The second-order valence-electron chi connectivity index (χ2n) is 4.03. The summed E-state index contributed by atoms with van der Waals surface area (Å²) in [4.78, 5) is 0. The first-order valence-electron chi connectivity index (χ1n) is 4.72. The molecule has 2 saturated heterocycles. The maximum Gasteiger partial charge on any atom is 0.186 e. The molecule has 14 heavy (non-hydrogen) atoms. The van der Waals surface area contributed by atoms with E-state index >= 15 is 0 Å². The number of rotatable bonds is 2. The predicted octanol–water partition coefficient (Wildman–Crippen LogP) is -0.130. The monoisotopic (exact) mass is 204 g/mol. The summed E-state index contributed by atoms with van der Waals surface area (Å²) in [6, 6.07) is 0. The summed E-state index contributed by atoms with van der Waals surface area (Å²) in [7, 11) is 1.55. The first-order chi connectivity index (χ1) is 6.57. The van der Waals surface area contributed by atoms with Crippen LogP contribution in [0.5, 0.6) is 0 Å². The fourth-order valence-corrected chi connectivity index (χ4v) is 1.98. The minimum absolute atomic E-state index is 0.0829. The maximum atomic E-state index is 9.08. The van der Waals surface area contributed by atoms with Crippen molar-refractivity contribution in [3.63, 3.8) is 0 Å². The zero-order valence-electron chi connectivity index (χ0n) is 8.60. The normalized spacial score (nSPS) is 45.4. The number of methoxy groups -OCH3 is 1. The Balaban J connectivity index is 2.12. The van der Waals surface area contributed by atoms with Gasteiger partial charge in [0.2, 0.25) is 0 Å². The summed E-state index contributed by atoms with van der Waals surface area (Å²) in [5.74, 6) is -0.622. The minimum atomic E-state index is -0.622. The molecule has 1 N–H and O–H groups in total. The Morgan fingerprint density at radius 3 is 2.50 bits per heavy atom. The van der Waals surface area contributed by atoms with E-state index in [0.29, 0.717) is 0 Å². The summed E-state index contributed by atoms with van der Waals surface area (Å²) in [5, 5.41) is 9.08. The van der Waals surface area contributed by atoms with Crippen LogP contribution in [0.2, 0.25) is 0 Å². The molecule has 2 aliphatic heterocycles. The molecule has 0 unspecified atom stereocenters. The van der Waals surface area contributed by atoms with Gasteiger partial charge in [-0.15, -0.1) is 0 Å². The van der Waals surface area contributed by atoms with Crippen LogP contribution in [0.15, 0.2) is 0 Å². The van der Waals surface area contributed by atoms with E-state index in [9.17, 15) is 0 Å². The Kier molecular flexibility index (Phi) is 2.53. The van der Waals surface area contributed by atoms with Crippen LogP contribution in [0.25, 0.3) is 0 Å². The maximum absolute atomic E-state index is 9.08. The summed E-state index contributed by atoms with van der Waals surface area (Å²) < 4.78 is 21.8. The van der Waals surface area contributed by atoms with Crippen molar-refractivity contribution in [1.29, 1.82) is 0 Å². The average Bonchev–Trinajstić information content (AvgIpc) is 2.57. The van der Waals surface area contributed by atoms with Gasteiger partial charge in [-0.05, 0) is 13.8 Å². The minimum Gasteiger partial charge on any atom is -0.394 e. The largest absolute Gasteiger partial charge is 0.394 e. The highest BCUT2D eigenvalue weighted by Gasteiger charge is 2.55. The van der Waals surface area contributed by atoms with Gasteiger partial charge in [0.25, 0.3) is 0 Å². The van der Waals surface area contributed by atoms with E-state index in [0.717, 1.165) is 0 Å². The number of hydrogen-bond donors (Lipinski definition) is 1. The van der Waals surface area contributed by atoms with Gasteiger partial charge in [0.15, 0.2) is 12.1 Å². The van der Waals surface area contributed by atoms with Gasteiger partial charge < -0.3 is 24.1 Å². The summed E-state index contributed by atoms with van der Waals surface area (Å²) in [5.41, 5.74) is 0. The lowest BCUT2D eigenvalue weighted by Gasteiger charge is -2.22. The third kappa shape index (κ3) is 1.55. The fraction of sp³-hybridized carbons (Fsp3) is 1.00. The number of aliphatic hydroxyl groups is 1. The van der Waals surface area contributed by atoms with Gasteiger partial charge in [-0.1, -0.05) is 0 Å². The van der Waals surface area contributed by atoms with Gasteiger partial charge in [-0.2, -0.15) is 0 Å². The lowest BCUT2D eigenvalue weighted by molar-refractivity contribution is -0.230. The Labute approximate surface area is 82.9 Å². The van der Waals surface area contributed by atoms with Gasteiger partial charge in [0, 0.05) is 7.11 Å². The molecule has 0 bridgehead atoms. The van der Waals surface area contributed by atoms with Crippen LogP contribution in [0, 0.1) is 0 Å². The number of aliphatic hydroxyl groups excluding tert-OH is 1. The van der Waals surface area contributed by atoms with Crippen molar-refractivity contribution in [3.05, 3.63) is 0 Å². The summed E-state index contributed by atoms with van der Waals surface area (Å²) in [6.45, 7) is 3.60. The van der Waals surface area contributed by atoms with Crippen LogP contribution in [-0.2, 0) is 18.9 Å². The Hall–Kier alpha value is -0.200. The Morgan fingerprint density at radius 1 is 1.29 bits per heavy atom. The first-order valence-corrected chi connectivity index (χ1v) is 4.72. The van der Waals surface area contributed by atoms with Crippen molar-refractivity contribution in [1.82, 2.24) is 0 Å². The second kappa shape index (κ2) is 3.43. The van der Waals surface area contributed by atoms with Crippen LogP contribution >= 0.6 is 0 Å². The smallest absolute Gasteiger partial charge is 0.186 e. The molecule has 2 fully saturated rings. The molecular weight excluding hydrogens is 188 g/mol. The molecule has 2 aliphatic rings. The van der Waals surface area contributed by atoms with E-state index in [-0.39, 0.29) is 24.9 Å². The van der Waals surface area contributed by atoms with Gasteiger partial charge in [0.1, 0.15) is 18.3 Å². The van der Waals surface area contributed by atoms with Crippen molar-refractivity contribution < 1.29 is 24.1 Å². The molecule has 0 aromatic rings. The molecule has 5 nitrogen and oxygen atoms in total. The molecule has 2 heterocycles. The SMILES string of the molecule is CO[C@H]1O[C@H](CO)[C@@H]2OC(C)(C)O[C@H]12. The fourth-order valence-electron chi connectivity index (χ4n) is 1.98. The van der Waals surface area contributed by atoms with Crippen molar-refractivity contribution in [3.8, 4) is 0 Å². The third-order valence-electron chi connectivity index (χ3n) is 2.52. The molecule has 0 aromatic carbocycles. The Morgan fingerprint density at radius 2 is 1.93 bits per heavy atom. The van der Waals surface area contributed by atoms with E-state index < -0.39 is 12.1 Å². The van der Waals surface area contributed by atoms with Crippen molar-refractivity contribution in [2.75, 3.05) is 13.7 Å². The molecule has 82 valence electrons. The number of hydrogen-bond acceptors (Lipinski definition) is 5. The molecule has 2 rings (SSSR count). The topological polar surface area (TPSA) is 57.2 Å². The van der Waals surface area contributed by atoms with E-state index in [2.05, 4.69) is 0 Å². The van der Waals surface area contributed by atoms with E-state index in [1.165, 1.54) is 0 Å². The standard InChI is InChI=1S/C9H16O5/c1-9(2)13-6-5(4-10)12-8(11-3)7(6)14-9/h5-8,10H,4H2,1-3H3/t5-,6+,7+,8+/m1/s1. The van der Waals surface area contributed by atoms with Gasteiger partial charge >= 0.3 is 0 Å². The molecule has 0 radical (unpaired) electrons. The molecule has 0 amide bonds. The van der Waals surface area contributed by atoms with E-state index in [4.69, 9.17) is 24.1 Å². The van der Waals surface area contributed by atoms with Crippen LogP contribution in [-0.4, -0.2) is 49.2 Å². The highest BCUT2D eigenvalue weighted by atomic mass is 16.8. The van der Waals surface area contributed by atoms with Crippen LogP contribution in [0.4, 0.5) is 0 Å². The van der Waals surface area contributed by atoms with Crippen molar-refractivity contribution in [2.45, 2.75) is 44.2 Å². The quantitative estimate of drug-likeness (QED) is 0.679. The Bertz CT molecular complexity index is 197. The molecular formula is C9H16O5. The molecule has 0 saturated carbocycles. The second-order valence-corrected chi connectivity index (χ2v) is 4.03. The highest BCUT2D eigenvalue weighted by Crippen LogP contribution is 2.38. The van der Waals surface area contributed by atoms with Gasteiger partial charge in [-0.3, -0.25) is 0 Å². The molecule has 0 aliphatic carbocycles. The van der Waals surface area contributed by atoms with Crippen LogP contribution in [0.3, 0.4) is 0 Å². The lowest BCUT2D eigenvalue weighted by atomic mass is 10.1. The number of ether oxygens (including phenoxy) is 4. The van der Waals surface area contributed by atoms with E-state index in [1.807, 2.05) is 13.8 Å². The summed E-state index contributed by atoms with van der Waals surface area (Å²) >= 11 is 0. The third-order valence-corrected chi connectivity index (χ3v) is 2.52. The molecule has 0 spiro atoms. The zero-order valence-corrected chi connectivity index (χ0v) is 8.60. The van der Waals surface area contributed by atoms with E-state index in [1.54, 1.807) is 7.11 Å². The zero-order chi connectivity index (χ0) is 10.3. The molecule has 0 aromatic heterocycles. The van der Waals surface area contributed by atoms with Gasteiger partial charge in [-0.25, -0.2) is 0 Å². The molecule has 5 heteroatoms. The van der Waals surface area contributed by atoms with Crippen LogP contribution < -0.4 is 0 Å². The molecule has 4 atom stereocenters. The summed E-state index contributed by atoms with van der Waals surface area (Å²) in [6.07, 6.45) is -1.28. The number of fused-ring (bicyclic) bond motifs is 1. The highest BCUT2D eigenvalue weighted by molar-refractivity contribution is 4.94. The average molecular weight is 204 g/mol. The van der Waals surface area contributed by atoms with Crippen LogP contribution in [0.1, 0.15) is 13.8 Å². The van der Waals surface area contributed by atoms with Crippen molar-refractivity contribution in [2.24, 2.45) is 0 Å². The predicted molar refractivity (Wildman–Crippen MR) is 46.6 cm³/mol. The lowest BCUT2D eigenvalue weighted by Crippen LogP contribution is -2.31. The first kappa shape index (κ1) is 10.3. The van der Waals surface area contributed by atoms with Gasteiger partial charge in [0.05, 0.1) is 6.61 Å².